The van der Waals surface area contributed by atoms with Crippen molar-refractivity contribution in [2.45, 2.75) is 13.8 Å². The van der Waals surface area contributed by atoms with Crippen molar-refractivity contribution in [2.24, 2.45) is 0 Å². The van der Waals surface area contributed by atoms with Crippen LogP contribution >= 0.6 is 0 Å². The summed E-state index contributed by atoms with van der Waals surface area (Å²) in [7, 11) is 0. The molecule has 0 saturated carbocycles. The normalized spacial score (nSPS) is 10.8. The van der Waals surface area contributed by atoms with Crippen LogP contribution in [0.4, 0.5) is 0 Å². The summed E-state index contributed by atoms with van der Waals surface area (Å²) in [5, 5.41) is 1.01. The molecule has 0 spiro atoms. The van der Waals surface area contributed by atoms with Gasteiger partial charge in [0.05, 0.1) is 12.1 Å². The third kappa shape index (κ3) is 2.55. The second kappa shape index (κ2) is 5.44. The molecule has 3 aromatic rings. The van der Waals surface area contributed by atoms with E-state index in [1.807, 2.05) is 24.3 Å². The lowest BCUT2D eigenvalue weighted by atomic mass is 10.0. The third-order valence-corrected chi connectivity index (χ3v) is 3.48. The number of aryl methyl sites for hydroxylation is 1. The molecule has 1 aromatic heterocycles. The van der Waals surface area contributed by atoms with E-state index in [1.54, 1.807) is 6.92 Å². The summed E-state index contributed by atoms with van der Waals surface area (Å²) in [5.74, 6) is -0.316. The zero-order valence-electron chi connectivity index (χ0n) is 12.1. The highest BCUT2D eigenvalue weighted by molar-refractivity contribution is 6.00. The molecule has 3 heteroatoms. The highest BCUT2D eigenvalue weighted by Gasteiger charge is 2.13. The number of carbonyl (C=O) groups is 1. The van der Waals surface area contributed by atoms with Crippen molar-refractivity contribution < 1.29 is 9.53 Å². The Hall–Kier alpha value is -2.55. The molecule has 3 rings (SSSR count). The molecule has 106 valence electrons. The first-order chi connectivity index (χ1) is 10.2. The molecule has 21 heavy (non-hydrogen) atoms. The average molecular weight is 279 g/mol. The lowest BCUT2D eigenvalue weighted by Crippen LogP contribution is -2.04. The Bertz CT molecular complexity index is 802. The van der Waals surface area contributed by atoms with Gasteiger partial charge >= 0.3 is 5.97 Å². The Morgan fingerprint density at radius 1 is 1.14 bits per heavy atom. The molecule has 2 aromatic carbocycles. The standard InChI is InChI=1S/C18H17NO2/c1-3-21-18(20)16-11-14-8-5-9-15(17(14)19-16)13-7-4-6-12(2)10-13/h4-11,19H,3H2,1-2H3. The molecule has 0 aliphatic heterocycles. The predicted octanol–water partition coefficient (Wildman–Crippen LogP) is 4.32. The molecule has 0 aliphatic rings. The second-order valence-corrected chi connectivity index (χ2v) is 5.04. The number of carbonyl (C=O) groups excluding carboxylic acids is 1. The molecule has 0 aliphatic carbocycles. The van der Waals surface area contributed by atoms with Crippen LogP contribution in [-0.2, 0) is 4.74 Å². The summed E-state index contributed by atoms with van der Waals surface area (Å²) < 4.78 is 5.05. The van der Waals surface area contributed by atoms with Crippen molar-refractivity contribution in [3.8, 4) is 11.1 Å². The minimum atomic E-state index is -0.316. The molecule has 0 bridgehead atoms. The minimum Gasteiger partial charge on any atom is -0.461 e. The fourth-order valence-electron chi connectivity index (χ4n) is 2.53. The Labute approximate surface area is 123 Å². The van der Waals surface area contributed by atoms with Gasteiger partial charge in [-0.2, -0.15) is 0 Å². The first-order valence-electron chi connectivity index (χ1n) is 7.05. The lowest BCUT2D eigenvalue weighted by Gasteiger charge is -2.04. The zero-order valence-corrected chi connectivity index (χ0v) is 12.1. The van der Waals surface area contributed by atoms with Crippen LogP contribution in [0.2, 0.25) is 0 Å². The van der Waals surface area contributed by atoms with Gasteiger partial charge in [0.1, 0.15) is 5.69 Å². The van der Waals surface area contributed by atoms with Crippen LogP contribution in [0.15, 0.2) is 48.5 Å². The minimum absolute atomic E-state index is 0.316. The maximum atomic E-state index is 11.9. The Kier molecular flexibility index (Phi) is 3.48. The number of H-pyrrole nitrogens is 1. The molecule has 0 unspecified atom stereocenters. The second-order valence-electron chi connectivity index (χ2n) is 5.04. The number of hydrogen-bond donors (Lipinski definition) is 1. The van der Waals surface area contributed by atoms with Crippen LogP contribution in [0.25, 0.3) is 22.0 Å². The largest absolute Gasteiger partial charge is 0.461 e. The summed E-state index contributed by atoms with van der Waals surface area (Å²) in [6.45, 7) is 4.25. The monoisotopic (exact) mass is 279 g/mol. The first-order valence-corrected chi connectivity index (χ1v) is 7.05. The van der Waals surface area contributed by atoms with Gasteiger partial charge in [-0.05, 0) is 25.5 Å². The van der Waals surface area contributed by atoms with Gasteiger partial charge in [-0.15, -0.1) is 0 Å². The third-order valence-electron chi connectivity index (χ3n) is 3.48. The van der Waals surface area contributed by atoms with Gasteiger partial charge in [0, 0.05) is 10.9 Å². The molecule has 0 radical (unpaired) electrons. The number of aromatic nitrogens is 1. The summed E-state index contributed by atoms with van der Waals surface area (Å²) in [5.41, 5.74) is 4.89. The fraction of sp³-hybridized carbons (Fsp3) is 0.167. The van der Waals surface area contributed by atoms with E-state index in [2.05, 4.69) is 36.2 Å². The van der Waals surface area contributed by atoms with Gasteiger partial charge in [-0.3, -0.25) is 0 Å². The van der Waals surface area contributed by atoms with Crippen molar-refractivity contribution >= 4 is 16.9 Å². The number of aromatic amines is 1. The Morgan fingerprint density at radius 3 is 2.71 bits per heavy atom. The van der Waals surface area contributed by atoms with Crippen molar-refractivity contribution in [1.29, 1.82) is 0 Å². The fourth-order valence-corrected chi connectivity index (χ4v) is 2.53. The van der Waals surface area contributed by atoms with Crippen molar-refractivity contribution in [3.05, 3.63) is 59.8 Å². The molecular weight excluding hydrogens is 262 g/mol. The number of benzene rings is 2. The Morgan fingerprint density at radius 2 is 1.95 bits per heavy atom. The topological polar surface area (TPSA) is 42.1 Å². The van der Waals surface area contributed by atoms with E-state index in [1.165, 1.54) is 5.56 Å². The van der Waals surface area contributed by atoms with Gasteiger partial charge in [-0.25, -0.2) is 4.79 Å². The van der Waals surface area contributed by atoms with Gasteiger partial charge in [0.2, 0.25) is 0 Å². The van der Waals surface area contributed by atoms with E-state index in [0.29, 0.717) is 12.3 Å². The number of ether oxygens (including phenoxy) is 1. The van der Waals surface area contributed by atoms with E-state index in [4.69, 9.17) is 4.74 Å². The number of fused-ring (bicyclic) bond motifs is 1. The number of esters is 1. The SMILES string of the molecule is CCOC(=O)c1cc2cccc(-c3cccc(C)c3)c2[nH]1. The molecule has 1 heterocycles. The molecule has 1 N–H and O–H groups in total. The summed E-state index contributed by atoms with van der Waals surface area (Å²) in [6, 6.07) is 16.2. The van der Waals surface area contributed by atoms with E-state index in [0.717, 1.165) is 22.0 Å². The highest BCUT2D eigenvalue weighted by Crippen LogP contribution is 2.29. The molecule has 0 fully saturated rings. The van der Waals surface area contributed by atoms with Crippen molar-refractivity contribution in [1.82, 2.24) is 4.98 Å². The highest BCUT2D eigenvalue weighted by atomic mass is 16.5. The lowest BCUT2D eigenvalue weighted by molar-refractivity contribution is 0.0520. The smallest absolute Gasteiger partial charge is 0.354 e. The quantitative estimate of drug-likeness (QED) is 0.725. The number of rotatable bonds is 3. The summed E-state index contributed by atoms with van der Waals surface area (Å²) >= 11 is 0. The molecule has 0 atom stereocenters. The Balaban J connectivity index is 2.14. The zero-order chi connectivity index (χ0) is 14.8. The first kappa shape index (κ1) is 13.4. The van der Waals surface area contributed by atoms with Crippen LogP contribution in [0, 0.1) is 6.92 Å². The molecule has 0 saturated heterocycles. The van der Waals surface area contributed by atoms with Crippen LogP contribution in [0.1, 0.15) is 23.0 Å². The van der Waals surface area contributed by atoms with E-state index < -0.39 is 0 Å². The number of nitrogens with one attached hydrogen (secondary N) is 1. The van der Waals surface area contributed by atoms with Crippen LogP contribution < -0.4 is 0 Å². The summed E-state index contributed by atoms with van der Waals surface area (Å²) in [4.78, 5) is 15.1. The van der Waals surface area contributed by atoms with Gasteiger partial charge < -0.3 is 9.72 Å². The van der Waals surface area contributed by atoms with E-state index >= 15 is 0 Å². The van der Waals surface area contributed by atoms with Crippen LogP contribution in [-0.4, -0.2) is 17.6 Å². The average Bonchev–Trinajstić information content (AvgIpc) is 2.91. The van der Waals surface area contributed by atoms with E-state index in [9.17, 15) is 4.79 Å². The van der Waals surface area contributed by atoms with Gasteiger partial charge in [0.25, 0.3) is 0 Å². The van der Waals surface area contributed by atoms with Crippen molar-refractivity contribution in [3.63, 3.8) is 0 Å². The molecule has 3 nitrogen and oxygen atoms in total. The molecular formula is C18H17NO2. The van der Waals surface area contributed by atoms with Crippen molar-refractivity contribution in [2.75, 3.05) is 6.61 Å². The van der Waals surface area contributed by atoms with Crippen LogP contribution in [0.3, 0.4) is 0 Å². The van der Waals surface area contributed by atoms with Gasteiger partial charge in [-0.1, -0.05) is 48.0 Å². The van der Waals surface area contributed by atoms with Gasteiger partial charge in [0.15, 0.2) is 0 Å². The predicted molar refractivity (Wildman–Crippen MR) is 84.4 cm³/mol. The number of hydrogen-bond acceptors (Lipinski definition) is 2. The van der Waals surface area contributed by atoms with E-state index in [-0.39, 0.29) is 5.97 Å². The maximum absolute atomic E-state index is 11.9. The molecule has 0 amide bonds. The number of para-hydroxylation sites is 1. The summed E-state index contributed by atoms with van der Waals surface area (Å²) in [6.07, 6.45) is 0. The van der Waals surface area contributed by atoms with Crippen LogP contribution in [0.5, 0.6) is 0 Å². The maximum Gasteiger partial charge on any atom is 0.354 e.